The summed E-state index contributed by atoms with van der Waals surface area (Å²) in [6.07, 6.45) is 2.87. The second kappa shape index (κ2) is 8.47. The van der Waals surface area contributed by atoms with E-state index in [1.54, 1.807) is 36.0 Å². The Balaban J connectivity index is 2.51. The van der Waals surface area contributed by atoms with Crippen molar-refractivity contribution in [3.63, 3.8) is 0 Å². The van der Waals surface area contributed by atoms with Gasteiger partial charge in [-0.25, -0.2) is 4.79 Å². The van der Waals surface area contributed by atoms with Crippen LogP contribution in [0.25, 0.3) is 0 Å². The molecular formula is C14H20N2O3S. The first-order valence-electron chi connectivity index (χ1n) is 6.42. The normalized spacial score (nSPS) is 11.7. The predicted molar refractivity (Wildman–Crippen MR) is 82.4 cm³/mol. The van der Waals surface area contributed by atoms with E-state index >= 15 is 0 Å². The van der Waals surface area contributed by atoms with Gasteiger partial charge in [-0.1, -0.05) is 19.1 Å². The van der Waals surface area contributed by atoms with Crippen LogP contribution in [0.15, 0.2) is 24.3 Å². The number of hydrogen-bond acceptors (Lipinski definition) is 3. The molecule has 0 aromatic heterocycles. The largest absolute Gasteiger partial charge is 0.481 e. The van der Waals surface area contributed by atoms with Crippen LogP contribution >= 0.6 is 11.8 Å². The highest BCUT2D eigenvalue weighted by Crippen LogP contribution is 2.10. The van der Waals surface area contributed by atoms with Crippen molar-refractivity contribution in [3.8, 4) is 0 Å². The Morgan fingerprint density at radius 1 is 1.30 bits per heavy atom. The maximum atomic E-state index is 11.8. The summed E-state index contributed by atoms with van der Waals surface area (Å²) in [4.78, 5) is 22.4. The number of nitrogens with one attached hydrogen (secondary N) is 2. The van der Waals surface area contributed by atoms with Crippen molar-refractivity contribution in [1.29, 1.82) is 0 Å². The topological polar surface area (TPSA) is 78.4 Å². The lowest BCUT2D eigenvalue weighted by molar-refractivity contribution is -0.136. The molecule has 0 fully saturated rings. The van der Waals surface area contributed by atoms with Crippen molar-refractivity contribution in [2.24, 2.45) is 0 Å². The van der Waals surface area contributed by atoms with Crippen molar-refractivity contribution in [2.45, 2.75) is 25.8 Å². The highest BCUT2D eigenvalue weighted by molar-refractivity contribution is 7.98. The van der Waals surface area contributed by atoms with Crippen molar-refractivity contribution in [3.05, 3.63) is 29.8 Å². The summed E-state index contributed by atoms with van der Waals surface area (Å²) in [7, 11) is 0. The molecule has 6 heteroatoms. The van der Waals surface area contributed by atoms with Crippen molar-refractivity contribution < 1.29 is 14.7 Å². The van der Waals surface area contributed by atoms with Crippen LogP contribution in [0.5, 0.6) is 0 Å². The van der Waals surface area contributed by atoms with Gasteiger partial charge in [-0.05, 0) is 30.4 Å². The highest BCUT2D eigenvalue weighted by Gasteiger charge is 2.09. The molecule has 1 rings (SSSR count). The number of urea groups is 1. The van der Waals surface area contributed by atoms with Gasteiger partial charge in [0.05, 0.1) is 6.42 Å². The molecule has 1 unspecified atom stereocenters. The molecule has 0 saturated carbocycles. The molecule has 0 bridgehead atoms. The summed E-state index contributed by atoms with van der Waals surface area (Å²) >= 11 is 1.69. The van der Waals surface area contributed by atoms with Crippen LogP contribution in [-0.2, 0) is 11.2 Å². The monoisotopic (exact) mass is 296 g/mol. The zero-order valence-electron chi connectivity index (χ0n) is 11.7. The fraction of sp³-hybridized carbons (Fsp3) is 0.429. The first-order chi connectivity index (χ1) is 9.55. The molecule has 0 radical (unpaired) electrons. The number of anilines is 1. The average molecular weight is 296 g/mol. The number of carbonyl (C=O) groups is 2. The van der Waals surface area contributed by atoms with Gasteiger partial charge in [0, 0.05) is 17.5 Å². The molecule has 0 aliphatic heterocycles. The zero-order valence-corrected chi connectivity index (χ0v) is 12.5. The van der Waals surface area contributed by atoms with Crippen LogP contribution in [0, 0.1) is 0 Å². The molecule has 5 nitrogen and oxygen atoms in total. The Labute approximate surface area is 123 Å². The Bertz CT molecular complexity index is 448. The van der Waals surface area contributed by atoms with Crippen molar-refractivity contribution >= 4 is 29.4 Å². The Hall–Kier alpha value is -1.69. The molecule has 1 aromatic carbocycles. The fourth-order valence-corrected chi connectivity index (χ4v) is 2.42. The lowest BCUT2D eigenvalue weighted by Crippen LogP contribution is -2.39. The molecular weight excluding hydrogens is 276 g/mol. The Kier molecular flexibility index (Phi) is 6.93. The first-order valence-corrected chi connectivity index (χ1v) is 7.81. The maximum Gasteiger partial charge on any atom is 0.319 e. The summed E-state index contributed by atoms with van der Waals surface area (Å²) in [5, 5.41) is 14.3. The maximum absolute atomic E-state index is 11.8. The molecule has 1 aromatic rings. The number of thioether (sulfide) groups is 1. The van der Waals surface area contributed by atoms with Crippen LogP contribution < -0.4 is 10.6 Å². The summed E-state index contributed by atoms with van der Waals surface area (Å²) in [6, 6.07) is 6.71. The second-order valence-corrected chi connectivity index (χ2v) is 5.34. The number of amides is 2. The number of carbonyl (C=O) groups excluding carboxylic acids is 1. The van der Waals surface area contributed by atoms with Gasteiger partial charge in [0.1, 0.15) is 0 Å². The van der Waals surface area contributed by atoms with Gasteiger partial charge >= 0.3 is 12.0 Å². The highest BCUT2D eigenvalue weighted by atomic mass is 32.2. The minimum atomic E-state index is -0.869. The average Bonchev–Trinajstić information content (AvgIpc) is 2.40. The van der Waals surface area contributed by atoms with E-state index < -0.39 is 5.97 Å². The summed E-state index contributed by atoms with van der Waals surface area (Å²) in [5.41, 5.74) is 1.35. The Morgan fingerprint density at radius 3 is 2.45 bits per heavy atom. The smallest absolute Gasteiger partial charge is 0.319 e. The van der Waals surface area contributed by atoms with Crippen LogP contribution in [-0.4, -0.2) is 35.2 Å². The van der Waals surface area contributed by atoms with E-state index in [1.165, 1.54) is 0 Å². The standard InChI is InChI=1S/C14H20N2O3S/c1-3-11(9-20-2)15-14(19)16-12-6-4-10(5-7-12)8-13(17)18/h4-7,11H,3,8-9H2,1-2H3,(H,17,18)(H2,15,16,19). The van der Waals surface area contributed by atoms with Gasteiger partial charge in [-0.15, -0.1) is 0 Å². The predicted octanol–water partition coefficient (Wildman–Crippen LogP) is 2.58. The number of carboxylic acid groups (broad SMARTS) is 1. The Morgan fingerprint density at radius 2 is 1.95 bits per heavy atom. The van der Waals surface area contributed by atoms with E-state index in [1.807, 2.05) is 13.2 Å². The summed E-state index contributed by atoms with van der Waals surface area (Å²) < 4.78 is 0. The third-order valence-corrected chi connectivity index (χ3v) is 3.50. The summed E-state index contributed by atoms with van der Waals surface area (Å²) in [5.74, 6) is 0.00730. The molecule has 20 heavy (non-hydrogen) atoms. The minimum absolute atomic E-state index is 0.0158. The van der Waals surface area contributed by atoms with E-state index in [0.29, 0.717) is 11.3 Å². The summed E-state index contributed by atoms with van der Waals surface area (Å²) in [6.45, 7) is 2.03. The molecule has 0 spiro atoms. The first kappa shape index (κ1) is 16.4. The van der Waals surface area contributed by atoms with Gasteiger partial charge in [0.15, 0.2) is 0 Å². The molecule has 3 N–H and O–H groups in total. The van der Waals surface area contributed by atoms with E-state index in [2.05, 4.69) is 10.6 Å². The van der Waals surface area contributed by atoms with Gasteiger partial charge in [-0.2, -0.15) is 11.8 Å². The lowest BCUT2D eigenvalue weighted by atomic mass is 10.1. The van der Waals surface area contributed by atoms with Gasteiger partial charge in [0.25, 0.3) is 0 Å². The van der Waals surface area contributed by atoms with Crippen LogP contribution in [0.3, 0.4) is 0 Å². The van der Waals surface area contributed by atoms with Gasteiger partial charge < -0.3 is 15.7 Å². The third kappa shape index (κ3) is 5.97. The van der Waals surface area contributed by atoms with E-state index in [-0.39, 0.29) is 18.5 Å². The lowest BCUT2D eigenvalue weighted by Gasteiger charge is -2.16. The minimum Gasteiger partial charge on any atom is -0.481 e. The van der Waals surface area contributed by atoms with Crippen molar-refractivity contribution in [2.75, 3.05) is 17.3 Å². The molecule has 2 amide bonds. The van der Waals surface area contributed by atoms with Crippen LogP contribution in [0.1, 0.15) is 18.9 Å². The molecule has 1 atom stereocenters. The molecule has 0 saturated heterocycles. The third-order valence-electron chi connectivity index (χ3n) is 2.76. The van der Waals surface area contributed by atoms with Crippen molar-refractivity contribution in [1.82, 2.24) is 5.32 Å². The van der Waals surface area contributed by atoms with Gasteiger partial charge in [0.2, 0.25) is 0 Å². The van der Waals surface area contributed by atoms with E-state index in [4.69, 9.17) is 5.11 Å². The number of aliphatic carboxylic acids is 1. The second-order valence-electron chi connectivity index (χ2n) is 4.43. The molecule has 0 aliphatic carbocycles. The van der Waals surface area contributed by atoms with Gasteiger partial charge in [-0.3, -0.25) is 4.79 Å². The number of carboxylic acids is 1. The number of rotatable bonds is 7. The number of hydrogen-bond donors (Lipinski definition) is 3. The number of benzene rings is 1. The zero-order chi connectivity index (χ0) is 15.0. The molecule has 110 valence electrons. The SMILES string of the molecule is CCC(CSC)NC(=O)Nc1ccc(CC(=O)O)cc1. The van der Waals surface area contributed by atoms with Crippen LogP contribution in [0.4, 0.5) is 10.5 Å². The fourth-order valence-electron chi connectivity index (χ4n) is 1.70. The molecule has 0 aliphatic rings. The van der Waals surface area contributed by atoms with E-state index in [0.717, 1.165) is 12.2 Å². The molecule has 0 heterocycles. The van der Waals surface area contributed by atoms with E-state index in [9.17, 15) is 9.59 Å². The van der Waals surface area contributed by atoms with Crippen LogP contribution in [0.2, 0.25) is 0 Å². The quantitative estimate of drug-likeness (QED) is 0.722.